The molecule has 1 atom stereocenters. The first kappa shape index (κ1) is 21.7. The zero-order chi connectivity index (χ0) is 22.5. The number of ether oxygens (including phenoxy) is 3. The standard InChI is InChI=1S/C27H26O5/c1-3-31-26(27(28)29)16-18-8-10-19(11-9-18)32-15-14-24-22-7-5-4-6-21(22)23-13-12-20(30-2)17-25(23)24/h4-14,17,26H,3,15-16H2,1-2H3,(H,28,29)/b24-14+. The number of benzene rings is 3. The molecule has 0 aliphatic heterocycles. The molecule has 0 saturated heterocycles. The van der Waals surface area contributed by atoms with E-state index in [-0.39, 0.29) is 0 Å². The lowest BCUT2D eigenvalue weighted by Gasteiger charge is -2.12. The van der Waals surface area contributed by atoms with E-state index in [1.165, 1.54) is 16.7 Å². The third-order valence-corrected chi connectivity index (χ3v) is 5.55. The van der Waals surface area contributed by atoms with Crippen LogP contribution in [0.4, 0.5) is 0 Å². The zero-order valence-electron chi connectivity index (χ0n) is 18.2. The van der Waals surface area contributed by atoms with Crippen molar-refractivity contribution in [1.29, 1.82) is 0 Å². The molecule has 32 heavy (non-hydrogen) atoms. The average molecular weight is 431 g/mol. The summed E-state index contributed by atoms with van der Waals surface area (Å²) in [5, 5.41) is 9.25. The van der Waals surface area contributed by atoms with E-state index in [2.05, 4.69) is 30.3 Å². The van der Waals surface area contributed by atoms with Gasteiger partial charge < -0.3 is 19.3 Å². The summed E-state index contributed by atoms with van der Waals surface area (Å²) < 4.78 is 16.7. The van der Waals surface area contributed by atoms with Crippen LogP contribution in [0.3, 0.4) is 0 Å². The summed E-state index contributed by atoms with van der Waals surface area (Å²) >= 11 is 0. The van der Waals surface area contributed by atoms with Crippen LogP contribution in [0.5, 0.6) is 11.5 Å². The van der Waals surface area contributed by atoms with Crippen molar-refractivity contribution in [3.63, 3.8) is 0 Å². The summed E-state index contributed by atoms with van der Waals surface area (Å²) in [4.78, 5) is 11.3. The molecule has 0 bridgehead atoms. The molecule has 0 aromatic heterocycles. The molecule has 0 heterocycles. The Bertz CT molecular complexity index is 1130. The van der Waals surface area contributed by atoms with E-state index in [1.54, 1.807) is 14.0 Å². The number of rotatable bonds is 9. The molecule has 5 heteroatoms. The largest absolute Gasteiger partial charge is 0.497 e. The molecular weight excluding hydrogens is 404 g/mol. The lowest BCUT2D eigenvalue weighted by atomic mass is 10.0. The minimum Gasteiger partial charge on any atom is -0.497 e. The van der Waals surface area contributed by atoms with Crippen LogP contribution >= 0.6 is 0 Å². The van der Waals surface area contributed by atoms with Crippen LogP contribution in [0.1, 0.15) is 23.6 Å². The highest BCUT2D eigenvalue weighted by molar-refractivity contribution is 6.01. The number of carbonyl (C=O) groups is 1. The molecule has 3 aromatic rings. The molecule has 1 N–H and O–H groups in total. The van der Waals surface area contributed by atoms with Crippen molar-refractivity contribution in [1.82, 2.24) is 0 Å². The molecule has 0 saturated carbocycles. The summed E-state index contributed by atoms with van der Waals surface area (Å²) in [6.07, 6.45) is 1.58. The molecule has 3 aromatic carbocycles. The lowest BCUT2D eigenvalue weighted by molar-refractivity contribution is -0.149. The van der Waals surface area contributed by atoms with Gasteiger partial charge in [-0.2, -0.15) is 0 Å². The fourth-order valence-electron chi connectivity index (χ4n) is 4.00. The summed E-state index contributed by atoms with van der Waals surface area (Å²) in [6.45, 7) is 2.57. The Hall–Kier alpha value is -3.57. The van der Waals surface area contributed by atoms with E-state index in [1.807, 2.05) is 42.5 Å². The van der Waals surface area contributed by atoms with Crippen molar-refractivity contribution >= 4 is 11.5 Å². The van der Waals surface area contributed by atoms with Crippen LogP contribution in [0.2, 0.25) is 0 Å². The van der Waals surface area contributed by atoms with Gasteiger partial charge in [-0.05, 0) is 70.7 Å². The van der Waals surface area contributed by atoms with Crippen LogP contribution in [-0.4, -0.2) is 37.5 Å². The second-order valence-electron chi connectivity index (χ2n) is 7.52. The summed E-state index contributed by atoms with van der Waals surface area (Å²) in [6, 6.07) is 22.0. The van der Waals surface area contributed by atoms with Crippen LogP contribution in [0.15, 0.2) is 72.8 Å². The Morgan fingerprint density at radius 3 is 2.31 bits per heavy atom. The predicted molar refractivity (Wildman–Crippen MR) is 124 cm³/mol. The first-order valence-electron chi connectivity index (χ1n) is 10.6. The van der Waals surface area contributed by atoms with Gasteiger partial charge >= 0.3 is 5.97 Å². The smallest absolute Gasteiger partial charge is 0.333 e. The summed E-state index contributed by atoms with van der Waals surface area (Å²) in [7, 11) is 1.67. The maximum absolute atomic E-state index is 11.3. The fraction of sp³-hybridized carbons (Fsp3) is 0.222. The van der Waals surface area contributed by atoms with Crippen LogP contribution < -0.4 is 9.47 Å². The van der Waals surface area contributed by atoms with Gasteiger partial charge in [-0.1, -0.05) is 42.5 Å². The van der Waals surface area contributed by atoms with E-state index in [9.17, 15) is 9.90 Å². The molecule has 0 radical (unpaired) electrons. The molecule has 4 rings (SSSR count). The number of carboxylic acids is 1. The molecule has 0 amide bonds. The molecule has 5 nitrogen and oxygen atoms in total. The van der Waals surface area contributed by atoms with Gasteiger partial charge in [0, 0.05) is 13.0 Å². The molecule has 0 spiro atoms. The van der Waals surface area contributed by atoms with E-state index in [0.29, 0.717) is 19.6 Å². The number of hydrogen-bond donors (Lipinski definition) is 1. The van der Waals surface area contributed by atoms with Crippen molar-refractivity contribution in [3.05, 3.63) is 89.5 Å². The minimum absolute atomic E-state index is 0.322. The zero-order valence-corrected chi connectivity index (χ0v) is 18.2. The van der Waals surface area contributed by atoms with Crippen molar-refractivity contribution in [2.45, 2.75) is 19.4 Å². The number of carboxylic acid groups (broad SMARTS) is 1. The van der Waals surface area contributed by atoms with Crippen LogP contribution in [-0.2, 0) is 16.0 Å². The van der Waals surface area contributed by atoms with Gasteiger partial charge in [-0.15, -0.1) is 0 Å². The van der Waals surface area contributed by atoms with Crippen molar-refractivity contribution < 1.29 is 24.1 Å². The maximum Gasteiger partial charge on any atom is 0.333 e. The van der Waals surface area contributed by atoms with E-state index in [0.717, 1.165) is 28.2 Å². The number of methoxy groups -OCH3 is 1. The molecule has 1 aliphatic rings. The van der Waals surface area contributed by atoms with Crippen molar-refractivity contribution in [2.75, 3.05) is 20.3 Å². The lowest BCUT2D eigenvalue weighted by Crippen LogP contribution is -2.26. The van der Waals surface area contributed by atoms with E-state index < -0.39 is 12.1 Å². The summed E-state index contributed by atoms with van der Waals surface area (Å²) in [5.41, 5.74) is 6.75. The normalized spacial score (nSPS) is 14.0. The van der Waals surface area contributed by atoms with Gasteiger partial charge in [0.25, 0.3) is 0 Å². The number of hydrogen-bond acceptors (Lipinski definition) is 4. The van der Waals surface area contributed by atoms with Crippen molar-refractivity contribution in [3.8, 4) is 22.6 Å². The van der Waals surface area contributed by atoms with Gasteiger partial charge in [-0.3, -0.25) is 0 Å². The van der Waals surface area contributed by atoms with Crippen LogP contribution in [0.25, 0.3) is 16.7 Å². The highest BCUT2D eigenvalue weighted by Crippen LogP contribution is 2.45. The molecule has 164 valence electrons. The van der Waals surface area contributed by atoms with Gasteiger partial charge in [0.05, 0.1) is 7.11 Å². The minimum atomic E-state index is -0.951. The Morgan fingerprint density at radius 2 is 1.62 bits per heavy atom. The first-order chi connectivity index (χ1) is 15.6. The third-order valence-electron chi connectivity index (χ3n) is 5.55. The highest BCUT2D eigenvalue weighted by atomic mass is 16.5. The van der Waals surface area contributed by atoms with Gasteiger partial charge in [0.2, 0.25) is 0 Å². The van der Waals surface area contributed by atoms with E-state index in [4.69, 9.17) is 14.2 Å². The second-order valence-corrected chi connectivity index (χ2v) is 7.52. The SMILES string of the molecule is CCOC(Cc1ccc(OC/C=C2\c3ccccc3-c3ccc(OC)cc32)cc1)C(=O)O. The Kier molecular flexibility index (Phi) is 6.57. The number of fused-ring (bicyclic) bond motifs is 3. The molecule has 0 fully saturated rings. The van der Waals surface area contributed by atoms with Gasteiger partial charge in [0.15, 0.2) is 6.10 Å². The molecular formula is C27H26O5. The van der Waals surface area contributed by atoms with E-state index >= 15 is 0 Å². The monoisotopic (exact) mass is 430 g/mol. The van der Waals surface area contributed by atoms with Gasteiger partial charge in [-0.25, -0.2) is 4.79 Å². The Morgan fingerprint density at radius 1 is 0.938 bits per heavy atom. The van der Waals surface area contributed by atoms with Crippen molar-refractivity contribution in [2.24, 2.45) is 0 Å². The molecule has 1 unspecified atom stereocenters. The first-order valence-corrected chi connectivity index (χ1v) is 10.6. The number of aliphatic carboxylic acids is 1. The second kappa shape index (κ2) is 9.71. The molecule has 1 aliphatic carbocycles. The topological polar surface area (TPSA) is 65.0 Å². The average Bonchev–Trinajstić information content (AvgIpc) is 3.13. The predicted octanol–water partition coefficient (Wildman–Crippen LogP) is 5.22. The summed E-state index contributed by atoms with van der Waals surface area (Å²) in [5.74, 6) is 0.601. The fourth-order valence-corrected chi connectivity index (χ4v) is 4.00. The maximum atomic E-state index is 11.3. The third kappa shape index (κ3) is 4.53. The Balaban J connectivity index is 1.48. The highest BCUT2D eigenvalue weighted by Gasteiger charge is 2.23. The quantitative estimate of drug-likeness (QED) is 0.394. The van der Waals surface area contributed by atoms with Crippen LogP contribution in [0, 0.1) is 0 Å². The Labute approximate surface area is 187 Å². The van der Waals surface area contributed by atoms with Gasteiger partial charge in [0.1, 0.15) is 18.1 Å².